The second kappa shape index (κ2) is 8.22. The maximum Gasteiger partial charge on any atom is 0.408 e. The molecule has 2 amide bonds. The van der Waals surface area contributed by atoms with E-state index in [0.717, 1.165) is 11.3 Å². The van der Waals surface area contributed by atoms with Crippen molar-refractivity contribution >= 4 is 44.5 Å². The number of carbonyl (C=O) groups excluding carboxylic acids is 2. The SMILES string of the molecule is Cc1ccc(N2C(=NC(=O)[C@@H](C)NC(=O)OC(C)(C)C)S[C@H]3CS(=O)(=O)C[C@@H]32)cc1. The average Bonchev–Trinajstić information content (AvgIpc) is 3.04. The zero-order chi connectivity index (χ0) is 22.3. The third-order valence-corrected chi connectivity index (χ3v) is 7.90. The predicted molar refractivity (Wildman–Crippen MR) is 119 cm³/mol. The van der Waals surface area contributed by atoms with Crippen molar-refractivity contribution < 1.29 is 22.7 Å². The maximum atomic E-state index is 12.7. The summed E-state index contributed by atoms with van der Waals surface area (Å²) in [4.78, 5) is 30.7. The summed E-state index contributed by atoms with van der Waals surface area (Å²) in [6.07, 6.45) is -0.694. The van der Waals surface area contributed by atoms with Gasteiger partial charge in [-0.1, -0.05) is 29.5 Å². The molecule has 2 heterocycles. The number of aliphatic imine (C=N–C) groups is 1. The lowest BCUT2D eigenvalue weighted by Gasteiger charge is -2.25. The van der Waals surface area contributed by atoms with Gasteiger partial charge in [0.25, 0.3) is 5.91 Å². The van der Waals surface area contributed by atoms with E-state index in [0.29, 0.717) is 5.17 Å². The Balaban J connectivity index is 1.82. The molecule has 0 spiro atoms. The van der Waals surface area contributed by atoms with Gasteiger partial charge in [0.2, 0.25) is 0 Å². The monoisotopic (exact) mass is 453 g/mol. The Labute approximate surface area is 181 Å². The summed E-state index contributed by atoms with van der Waals surface area (Å²) in [5.41, 5.74) is 1.19. The minimum atomic E-state index is -3.13. The molecule has 0 aromatic heterocycles. The van der Waals surface area contributed by atoms with Crippen LogP contribution in [0.1, 0.15) is 33.3 Å². The number of sulfone groups is 1. The Morgan fingerprint density at radius 1 is 1.23 bits per heavy atom. The van der Waals surface area contributed by atoms with Crippen molar-refractivity contribution in [2.75, 3.05) is 16.4 Å². The molecule has 3 atom stereocenters. The lowest BCUT2D eigenvalue weighted by Crippen LogP contribution is -2.42. The lowest BCUT2D eigenvalue weighted by molar-refractivity contribution is -0.119. The van der Waals surface area contributed by atoms with Crippen LogP contribution in [0.2, 0.25) is 0 Å². The largest absolute Gasteiger partial charge is 0.444 e. The molecule has 1 N–H and O–H groups in total. The molecule has 2 fully saturated rings. The number of rotatable bonds is 3. The second-order valence-electron chi connectivity index (χ2n) is 8.61. The highest BCUT2D eigenvalue weighted by atomic mass is 32.2. The van der Waals surface area contributed by atoms with E-state index in [2.05, 4.69) is 10.3 Å². The van der Waals surface area contributed by atoms with Gasteiger partial charge in [0.1, 0.15) is 11.6 Å². The van der Waals surface area contributed by atoms with Gasteiger partial charge in [-0.3, -0.25) is 4.79 Å². The Kier molecular flexibility index (Phi) is 6.20. The summed E-state index contributed by atoms with van der Waals surface area (Å²) in [6, 6.07) is 6.50. The van der Waals surface area contributed by atoms with Crippen molar-refractivity contribution in [2.24, 2.45) is 4.99 Å². The summed E-state index contributed by atoms with van der Waals surface area (Å²) in [7, 11) is -3.13. The summed E-state index contributed by atoms with van der Waals surface area (Å²) in [5, 5.41) is 2.76. The van der Waals surface area contributed by atoms with Crippen LogP contribution in [0.25, 0.3) is 0 Å². The first-order valence-corrected chi connectivity index (χ1v) is 12.4. The van der Waals surface area contributed by atoms with Gasteiger partial charge in [0.05, 0.1) is 17.5 Å². The topological polar surface area (TPSA) is 105 Å². The summed E-state index contributed by atoms with van der Waals surface area (Å²) in [6.45, 7) is 8.72. The molecule has 30 heavy (non-hydrogen) atoms. The zero-order valence-electron chi connectivity index (χ0n) is 17.7. The summed E-state index contributed by atoms with van der Waals surface area (Å²) < 4.78 is 29.5. The van der Waals surface area contributed by atoms with Crippen molar-refractivity contribution in [3.05, 3.63) is 29.8 Å². The van der Waals surface area contributed by atoms with Crippen molar-refractivity contribution in [1.29, 1.82) is 0 Å². The second-order valence-corrected chi connectivity index (χ2v) is 12.0. The fourth-order valence-electron chi connectivity index (χ4n) is 3.31. The molecule has 2 saturated heterocycles. The van der Waals surface area contributed by atoms with Crippen molar-refractivity contribution in [3.63, 3.8) is 0 Å². The number of nitrogens with zero attached hydrogens (tertiary/aromatic N) is 2. The van der Waals surface area contributed by atoms with E-state index in [1.165, 1.54) is 18.7 Å². The Bertz CT molecular complexity index is 967. The van der Waals surface area contributed by atoms with Crippen LogP contribution in [-0.4, -0.2) is 60.0 Å². The van der Waals surface area contributed by atoms with Gasteiger partial charge in [-0.05, 0) is 46.8 Å². The van der Waals surface area contributed by atoms with Gasteiger partial charge in [-0.25, -0.2) is 13.2 Å². The van der Waals surface area contributed by atoms with Crippen LogP contribution in [0.15, 0.2) is 29.3 Å². The van der Waals surface area contributed by atoms with E-state index in [1.54, 1.807) is 20.8 Å². The maximum absolute atomic E-state index is 12.7. The number of alkyl carbamates (subject to hydrolysis) is 1. The number of ether oxygens (including phenoxy) is 1. The molecular formula is C20H27N3O5S2. The van der Waals surface area contributed by atoms with Crippen molar-refractivity contribution in [3.8, 4) is 0 Å². The number of nitrogens with one attached hydrogen (secondary N) is 1. The number of amidine groups is 1. The van der Waals surface area contributed by atoms with Crippen molar-refractivity contribution in [2.45, 2.75) is 57.6 Å². The molecule has 0 radical (unpaired) electrons. The number of aryl methyl sites for hydroxylation is 1. The average molecular weight is 454 g/mol. The first-order chi connectivity index (χ1) is 13.8. The molecule has 8 nitrogen and oxygen atoms in total. The summed E-state index contributed by atoms with van der Waals surface area (Å²) in [5.74, 6) is -0.440. The molecule has 3 rings (SSSR count). The van der Waals surface area contributed by atoms with Gasteiger partial charge >= 0.3 is 6.09 Å². The standard InChI is InChI=1S/C20H27N3O5S2/c1-12-6-8-14(9-7-12)23-15-10-30(26,27)11-16(15)29-18(23)22-17(24)13(2)21-19(25)28-20(3,4)5/h6-9,13,15-16H,10-11H2,1-5H3,(H,21,25)/t13-,15+,16+/m1/s1. The van der Waals surface area contributed by atoms with Gasteiger partial charge in [0.15, 0.2) is 15.0 Å². The molecule has 0 saturated carbocycles. The fourth-order valence-corrected chi connectivity index (χ4v) is 7.23. The van der Waals surface area contributed by atoms with Crippen LogP contribution >= 0.6 is 11.8 Å². The highest BCUT2D eigenvalue weighted by Gasteiger charge is 2.49. The molecule has 10 heteroatoms. The minimum absolute atomic E-state index is 0.0253. The van der Waals surface area contributed by atoms with Crippen LogP contribution in [-0.2, 0) is 19.4 Å². The van der Waals surface area contributed by atoms with Gasteiger partial charge in [-0.15, -0.1) is 0 Å². The fraction of sp³-hybridized carbons (Fsp3) is 0.550. The number of amides is 2. The Hall–Kier alpha value is -2.07. The zero-order valence-corrected chi connectivity index (χ0v) is 19.3. The highest BCUT2D eigenvalue weighted by molar-refractivity contribution is 8.16. The molecule has 0 bridgehead atoms. The van der Waals surface area contributed by atoms with E-state index in [1.807, 2.05) is 36.1 Å². The molecule has 0 aliphatic carbocycles. The molecule has 164 valence electrons. The van der Waals surface area contributed by atoms with Crippen molar-refractivity contribution in [1.82, 2.24) is 5.32 Å². The van der Waals surface area contributed by atoms with Crippen LogP contribution in [0, 0.1) is 6.92 Å². The summed E-state index contributed by atoms with van der Waals surface area (Å²) >= 11 is 1.30. The molecule has 1 aromatic rings. The predicted octanol–water partition coefficient (Wildman–Crippen LogP) is 2.51. The first-order valence-electron chi connectivity index (χ1n) is 9.70. The number of carbonyl (C=O) groups is 2. The van der Waals surface area contributed by atoms with Crippen LogP contribution < -0.4 is 10.2 Å². The van der Waals surface area contributed by atoms with E-state index < -0.39 is 33.5 Å². The number of hydrogen-bond donors (Lipinski definition) is 1. The number of anilines is 1. The number of thioether (sulfide) groups is 1. The Morgan fingerprint density at radius 3 is 2.47 bits per heavy atom. The lowest BCUT2D eigenvalue weighted by atomic mass is 10.1. The molecule has 2 aliphatic rings. The normalized spacial score (nSPS) is 25.1. The quantitative estimate of drug-likeness (QED) is 0.750. The van der Waals surface area contributed by atoms with Crippen LogP contribution in [0.4, 0.5) is 10.5 Å². The molecule has 0 unspecified atom stereocenters. The number of benzene rings is 1. The van der Waals surface area contributed by atoms with Crippen LogP contribution in [0.3, 0.4) is 0 Å². The van der Waals surface area contributed by atoms with Gasteiger partial charge in [0, 0.05) is 10.9 Å². The number of fused-ring (bicyclic) bond motifs is 1. The van der Waals surface area contributed by atoms with Gasteiger partial charge < -0.3 is 15.0 Å². The van der Waals surface area contributed by atoms with E-state index in [4.69, 9.17) is 4.74 Å². The van der Waals surface area contributed by atoms with Gasteiger partial charge in [-0.2, -0.15) is 4.99 Å². The smallest absolute Gasteiger partial charge is 0.408 e. The van der Waals surface area contributed by atoms with E-state index >= 15 is 0 Å². The first kappa shape index (κ1) is 22.6. The molecule has 2 aliphatic heterocycles. The van der Waals surface area contributed by atoms with Crippen LogP contribution in [0.5, 0.6) is 0 Å². The van der Waals surface area contributed by atoms with E-state index in [9.17, 15) is 18.0 Å². The third kappa shape index (κ3) is 5.34. The number of hydrogen-bond acceptors (Lipinski definition) is 6. The minimum Gasteiger partial charge on any atom is -0.444 e. The highest BCUT2D eigenvalue weighted by Crippen LogP contribution is 2.41. The third-order valence-electron chi connectivity index (χ3n) is 4.69. The molecular weight excluding hydrogens is 426 g/mol. The Morgan fingerprint density at radius 2 is 1.87 bits per heavy atom. The van der Waals surface area contributed by atoms with E-state index in [-0.39, 0.29) is 22.8 Å². The molecule has 1 aromatic carbocycles.